The molecule has 9 heteroatoms. The van der Waals surface area contributed by atoms with E-state index in [1.165, 1.54) is 30.3 Å². The Morgan fingerprint density at radius 1 is 0.906 bits per heavy atom. The molecule has 0 heterocycles. The van der Waals surface area contributed by atoms with Crippen molar-refractivity contribution < 1.29 is 32.6 Å². The van der Waals surface area contributed by atoms with Crippen LogP contribution in [0, 0.1) is 0 Å². The van der Waals surface area contributed by atoms with E-state index in [2.05, 4.69) is 4.74 Å². The summed E-state index contributed by atoms with van der Waals surface area (Å²) in [6.07, 6.45) is 0. The molecule has 0 saturated heterocycles. The number of hydrogen-bond acceptors (Lipinski definition) is 6. The number of aromatic carboxylic acids is 1. The lowest BCUT2D eigenvalue weighted by molar-refractivity contribution is -0.138. The van der Waals surface area contributed by atoms with Gasteiger partial charge in [-0.1, -0.05) is 54.6 Å². The molecular formula is C23H21NO7S. The van der Waals surface area contributed by atoms with Gasteiger partial charge in [-0.05, 0) is 29.8 Å². The third kappa shape index (κ3) is 5.06. The number of benzene rings is 3. The number of esters is 1. The maximum Gasteiger partial charge on any atom is 0.337 e. The van der Waals surface area contributed by atoms with Crippen LogP contribution in [0.3, 0.4) is 0 Å². The van der Waals surface area contributed by atoms with Crippen LogP contribution in [0.5, 0.6) is 5.75 Å². The fourth-order valence-corrected chi connectivity index (χ4v) is 4.60. The lowest BCUT2D eigenvalue weighted by atomic mass is 10.2. The number of anilines is 1. The summed E-state index contributed by atoms with van der Waals surface area (Å²) in [6.45, 7) is -0.506. The number of hydrogen-bond donors (Lipinski definition) is 1. The van der Waals surface area contributed by atoms with E-state index in [0.717, 1.165) is 17.0 Å². The summed E-state index contributed by atoms with van der Waals surface area (Å²) < 4.78 is 38.4. The highest BCUT2D eigenvalue weighted by Crippen LogP contribution is 2.34. The molecule has 0 atom stereocenters. The number of methoxy groups -OCH3 is 1. The average molecular weight is 455 g/mol. The Hall–Kier alpha value is -3.85. The highest BCUT2D eigenvalue weighted by molar-refractivity contribution is 7.93. The summed E-state index contributed by atoms with van der Waals surface area (Å²) in [5.74, 6) is -2.02. The van der Waals surface area contributed by atoms with Crippen LogP contribution >= 0.6 is 0 Å². The lowest BCUT2D eigenvalue weighted by Gasteiger charge is -2.26. The highest BCUT2D eigenvalue weighted by atomic mass is 32.2. The van der Waals surface area contributed by atoms with Crippen molar-refractivity contribution in [2.75, 3.05) is 18.0 Å². The average Bonchev–Trinajstić information content (AvgIpc) is 2.81. The molecule has 1 N–H and O–H groups in total. The number of carboxylic acids is 1. The third-order valence-corrected chi connectivity index (χ3v) is 6.37. The number of carbonyl (C=O) groups is 2. The van der Waals surface area contributed by atoms with E-state index in [1.54, 1.807) is 18.2 Å². The summed E-state index contributed by atoms with van der Waals surface area (Å²) >= 11 is 0. The number of rotatable bonds is 9. The van der Waals surface area contributed by atoms with E-state index in [0.29, 0.717) is 0 Å². The first kappa shape index (κ1) is 22.8. The van der Waals surface area contributed by atoms with Crippen molar-refractivity contribution in [3.05, 3.63) is 90.0 Å². The number of para-hydroxylation sites is 2. The summed E-state index contributed by atoms with van der Waals surface area (Å²) in [7, 11) is -3.33. The Labute approximate surface area is 185 Å². The van der Waals surface area contributed by atoms with Gasteiger partial charge in [0.25, 0.3) is 10.0 Å². The smallest absolute Gasteiger partial charge is 0.337 e. The van der Waals surface area contributed by atoms with Gasteiger partial charge in [-0.15, -0.1) is 0 Å². The molecule has 0 unspecified atom stereocenters. The Bertz CT molecular complexity index is 1210. The molecule has 0 bridgehead atoms. The minimum atomic E-state index is -4.47. The van der Waals surface area contributed by atoms with E-state index in [4.69, 9.17) is 4.74 Å². The minimum absolute atomic E-state index is 0.0778. The molecule has 8 nitrogen and oxygen atoms in total. The zero-order valence-electron chi connectivity index (χ0n) is 17.2. The molecule has 0 aliphatic rings. The molecule has 0 spiro atoms. The molecule has 166 valence electrons. The van der Waals surface area contributed by atoms with Gasteiger partial charge >= 0.3 is 11.9 Å². The van der Waals surface area contributed by atoms with Gasteiger partial charge in [-0.3, -0.25) is 9.10 Å². The Morgan fingerprint density at radius 3 is 2.22 bits per heavy atom. The van der Waals surface area contributed by atoms with Gasteiger partial charge in [0.05, 0.1) is 18.4 Å². The van der Waals surface area contributed by atoms with Crippen LogP contribution in [0.25, 0.3) is 0 Å². The molecule has 0 aliphatic heterocycles. The van der Waals surface area contributed by atoms with Crippen molar-refractivity contribution in [3.63, 3.8) is 0 Å². The van der Waals surface area contributed by atoms with Crippen LogP contribution in [0.4, 0.5) is 5.69 Å². The first-order chi connectivity index (χ1) is 15.3. The van der Waals surface area contributed by atoms with Gasteiger partial charge in [0.2, 0.25) is 0 Å². The molecule has 0 radical (unpaired) electrons. The van der Waals surface area contributed by atoms with Crippen LogP contribution in [0.15, 0.2) is 83.8 Å². The van der Waals surface area contributed by atoms with Gasteiger partial charge in [-0.25, -0.2) is 13.2 Å². The summed E-state index contributed by atoms with van der Waals surface area (Å²) in [5.41, 5.74) is 0.528. The van der Waals surface area contributed by atoms with Crippen LogP contribution < -0.4 is 9.04 Å². The van der Waals surface area contributed by atoms with Gasteiger partial charge in [0.1, 0.15) is 23.8 Å². The second-order valence-electron chi connectivity index (χ2n) is 6.63. The van der Waals surface area contributed by atoms with Crippen LogP contribution in [0.2, 0.25) is 0 Å². The maximum absolute atomic E-state index is 13.5. The van der Waals surface area contributed by atoms with Gasteiger partial charge in [0.15, 0.2) is 0 Å². The summed E-state index contributed by atoms with van der Waals surface area (Å²) in [4.78, 5) is 23.3. The molecule has 0 aliphatic carbocycles. The Kier molecular flexibility index (Phi) is 7.11. The van der Waals surface area contributed by atoms with E-state index >= 15 is 0 Å². The van der Waals surface area contributed by atoms with Crippen LogP contribution in [-0.4, -0.2) is 39.1 Å². The minimum Gasteiger partial charge on any atom is -0.487 e. The number of ether oxygens (including phenoxy) is 2. The molecule has 0 saturated carbocycles. The molecule has 32 heavy (non-hydrogen) atoms. The topological polar surface area (TPSA) is 110 Å². The maximum atomic E-state index is 13.5. The monoisotopic (exact) mass is 455 g/mol. The van der Waals surface area contributed by atoms with Crippen LogP contribution in [-0.2, 0) is 26.2 Å². The van der Waals surface area contributed by atoms with E-state index in [9.17, 15) is 23.1 Å². The summed E-state index contributed by atoms with van der Waals surface area (Å²) in [6, 6.07) is 20.8. The SMILES string of the molecule is COC(=O)CN(c1ccccc1OCc1ccccc1)S(=O)(=O)c1ccccc1C(=O)O. The quantitative estimate of drug-likeness (QED) is 0.493. The largest absolute Gasteiger partial charge is 0.487 e. The Morgan fingerprint density at radius 2 is 1.53 bits per heavy atom. The van der Waals surface area contributed by atoms with Gasteiger partial charge < -0.3 is 14.6 Å². The lowest BCUT2D eigenvalue weighted by Crippen LogP contribution is -2.37. The van der Waals surface area contributed by atoms with Crippen molar-refractivity contribution >= 4 is 27.6 Å². The predicted octanol–water partition coefficient (Wildman–Crippen LogP) is 3.33. The van der Waals surface area contributed by atoms with E-state index in [-0.39, 0.29) is 18.0 Å². The highest BCUT2D eigenvalue weighted by Gasteiger charge is 2.32. The fraction of sp³-hybridized carbons (Fsp3) is 0.130. The van der Waals surface area contributed by atoms with Crippen LogP contribution in [0.1, 0.15) is 15.9 Å². The number of carbonyl (C=O) groups excluding carboxylic acids is 1. The van der Waals surface area contributed by atoms with Crippen molar-refractivity contribution in [1.29, 1.82) is 0 Å². The molecule has 3 rings (SSSR count). The zero-order chi connectivity index (χ0) is 23.1. The van der Waals surface area contributed by atoms with Gasteiger partial charge in [0, 0.05) is 0 Å². The van der Waals surface area contributed by atoms with Crippen molar-refractivity contribution in [2.45, 2.75) is 11.5 Å². The van der Waals surface area contributed by atoms with Crippen molar-refractivity contribution in [3.8, 4) is 5.75 Å². The molecule has 3 aromatic carbocycles. The third-order valence-electron chi connectivity index (χ3n) is 4.56. The normalized spacial score (nSPS) is 10.9. The Balaban J connectivity index is 2.07. The number of sulfonamides is 1. The second-order valence-corrected chi connectivity index (χ2v) is 8.46. The van der Waals surface area contributed by atoms with Crippen molar-refractivity contribution in [2.24, 2.45) is 0 Å². The van der Waals surface area contributed by atoms with Crippen molar-refractivity contribution in [1.82, 2.24) is 0 Å². The van der Waals surface area contributed by atoms with Gasteiger partial charge in [-0.2, -0.15) is 0 Å². The molecule has 0 amide bonds. The summed E-state index contributed by atoms with van der Waals surface area (Å²) in [5, 5.41) is 9.47. The molecule has 0 aromatic heterocycles. The fourth-order valence-electron chi connectivity index (χ4n) is 2.99. The predicted molar refractivity (Wildman–Crippen MR) is 117 cm³/mol. The van der Waals surface area contributed by atoms with E-state index < -0.39 is 39.0 Å². The zero-order valence-corrected chi connectivity index (χ0v) is 18.0. The van der Waals surface area contributed by atoms with E-state index in [1.807, 2.05) is 30.3 Å². The number of nitrogens with zero attached hydrogens (tertiary/aromatic N) is 1. The molecule has 0 fully saturated rings. The first-order valence-electron chi connectivity index (χ1n) is 9.52. The molecular weight excluding hydrogens is 434 g/mol. The second kappa shape index (κ2) is 9.97. The first-order valence-corrected chi connectivity index (χ1v) is 11.0. The number of carboxylic acid groups (broad SMARTS) is 1. The standard InChI is InChI=1S/C23H21NO7S/c1-30-22(25)15-24(32(28,29)21-14-8-5-11-18(21)23(26)27)19-12-6-7-13-20(19)31-16-17-9-3-2-4-10-17/h2-14H,15-16H2,1H3,(H,26,27). The molecule has 3 aromatic rings.